The summed E-state index contributed by atoms with van der Waals surface area (Å²) in [4.78, 5) is 75.7. The van der Waals surface area contributed by atoms with E-state index in [9.17, 15) is 24.0 Å². The van der Waals surface area contributed by atoms with E-state index in [1.807, 2.05) is 6.07 Å². The second-order valence-electron chi connectivity index (χ2n) is 15.6. The van der Waals surface area contributed by atoms with Gasteiger partial charge in [-0.25, -0.2) is 4.98 Å². The maximum atomic E-state index is 14.6. The molecule has 1 aromatic heterocycles. The predicted octanol–water partition coefficient (Wildman–Crippen LogP) is 1.50. The highest BCUT2D eigenvalue weighted by atomic mass is 16.5. The number of nitrogens with two attached hydrogens (primary N) is 3. The molecule has 5 amide bonds. The Balaban J connectivity index is 1.55. The number of fused-ring (bicyclic) bond motifs is 5. The largest absolute Gasteiger partial charge is 0.492 e. The van der Waals surface area contributed by atoms with Crippen molar-refractivity contribution in [2.45, 2.75) is 83.0 Å². The Morgan fingerprint density at radius 2 is 1.60 bits per heavy atom. The number of nitriles is 1. The molecule has 0 spiro atoms. The Morgan fingerprint density at radius 3 is 2.25 bits per heavy atom. The van der Waals surface area contributed by atoms with E-state index in [-0.39, 0.29) is 57.8 Å². The summed E-state index contributed by atoms with van der Waals surface area (Å²) in [5, 5.41) is 19.9. The first-order chi connectivity index (χ1) is 30.4. The van der Waals surface area contributed by atoms with E-state index >= 15 is 0 Å². The molecule has 0 saturated heterocycles. The van der Waals surface area contributed by atoms with Crippen molar-refractivity contribution in [3.05, 3.63) is 76.6 Å². The van der Waals surface area contributed by atoms with Gasteiger partial charge in [0.1, 0.15) is 61.1 Å². The van der Waals surface area contributed by atoms with Crippen LogP contribution in [0.4, 0.5) is 0 Å². The Hall–Kier alpha value is -6.53. The summed E-state index contributed by atoms with van der Waals surface area (Å²) >= 11 is 0. The highest BCUT2D eigenvalue weighted by Crippen LogP contribution is 2.40. The number of aromatic nitrogens is 1. The van der Waals surface area contributed by atoms with Crippen LogP contribution in [0.1, 0.15) is 84.4 Å². The number of ether oxygens (including phenoxy) is 2. The quantitative estimate of drug-likeness (QED) is 0.0898. The Kier molecular flexibility index (Phi) is 17.4. The van der Waals surface area contributed by atoms with Gasteiger partial charge in [-0.05, 0) is 93.1 Å². The van der Waals surface area contributed by atoms with E-state index in [0.29, 0.717) is 51.1 Å². The fraction of sp³-hybridized carbons (Fsp3) is 0.457. The number of hydrogen-bond acceptors (Lipinski definition) is 12. The number of rotatable bonds is 14. The van der Waals surface area contributed by atoms with Crippen LogP contribution in [0.25, 0.3) is 11.1 Å². The van der Waals surface area contributed by atoms with Crippen molar-refractivity contribution >= 4 is 29.5 Å². The van der Waals surface area contributed by atoms with E-state index in [4.69, 9.17) is 31.9 Å². The average molecular weight is 863 g/mol. The fourth-order valence-electron chi connectivity index (χ4n) is 7.66. The number of hydrogen-bond donors (Lipinski definition) is 7. The lowest BCUT2D eigenvalue weighted by molar-refractivity contribution is -0.141. The van der Waals surface area contributed by atoms with Crippen LogP contribution >= 0.6 is 0 Å². The molecular formula is C46H58N10O7. The molecule has 1 unspecified atom stereocenters. The summed E-state index contributed by atoms with van der Waals surface area (Å²) in [6.07, 6.45) is 5.72. The highest BCUT2D eigenvalue weighted by molar-refractivity contribution is 6.00. The second-order valence-corrected chi connectivity index (χ2v) is 15.6. The van der Waals surface area contributed by atoms with Crippen molar-refractivity contribution in [1.29, 1.82) is 5.26 Å². The number of aryl methyl sites for hydroxylation is 1. The topological polar surface area (TPSA) is 270 Å². The summed E-state index contributed by atoms with van der Waals surface area (Å²) < 4.78 is 12.2. The zero-order chi connectivity index (χ0) is 45.5. The van der Waals surface area contributed by atoms with Gasteiger partial charge < -0.3 is 52.8 Å². The molecule has 2 aromatic carbocycles. The third-order valence-corrected chi connectivity index (χ3v) is 11.0. The van der Waals surface area contributed by atoms with Gasteiger partial charge >= 0.3 is 0 Å². The van der Waals surface area contributed by atoms with Crippen LogP contribution in [-0.4, -0.2) is 104 Å². The first kappa shape index (κ1) is 47.5. The van der Waals surface area contributed by atoms with Gasteiger partial charge in [0, 0.05) is 43.6 Å². The molecule has 5 rings (SSSR count). The molecule has 1 aliphatic heterocycles. The van der Waals surface area contributed by atoms with Gasteiger partial charge in [0.2, 0.25) is 23.6 Å². The number of likely N-dealkylation sites (N-methyl/N-ethyl adjacent to an activating group) is 1. The molecule has 1 fully saturated rings. The van der Waals surface area contributed by atoms with Crippen molar-refractivity contribution in [3.8, 4) is 40.5 Å². The first-order valence-corrected chi connectivity index (χ1v) is 21.3. The van der Waals surface area contributed by atoms with Crippen LogP contribution in [0.3, 0.4) is 0 Å². The predicted molar refractivity (Wildman–Crippen MR) is 236 cm³/mol. The standard InChI is InChI=1S/C46H58N10O7/c1-28-34(14-13-33(52-28)12-9-30-7-5-4-6-8-30)43(58)54-37(17-18-47)46(61)56(3)41-32-11-16-40(63-24-21-50)36(27-32)35-25-31(10-15-39(35)62-23-20-49)26-38(44(59)51-22-19-48)55-42(57)29(2)53-45(41)60/h10-11,13-16,25,27,29-30,37-38,41H,4-8,17-18,20-24,26,47,49-50H2,1-3H3,(H,51,59)(H,53,60)(H,54,58)(H,55,57)/t29-,37?,38-,41-/m0/s1. The van der Waals surface area contributed by atoms with Crippen molar-refractivity contribution < 1.29 is 33.4 Å². The lowest BCUT2D eigenvalue weighted by atomic mass is 9.90. The molecule has 1 saturated carbocycles. The minimum Gasteiger partial charge on any atom is -0.492 e. The summed E-state index contributed by atoms with van der Waals surface area (Å²) in [6, 6.07) is 10.5. The summed E-state index contributed by atoms with van der Waals surface area (Å²) in [7, 11) is 1.42. The van der Waals surface area contributed by atoms with Crippen LogP contribution in [0.2, 0.25) is 0 Å². The smallest absolute Gasteiger partial charge is 0.253 e. The molecule has 334 valence electrons. The number of carbonyl (C=O) groups is 5. The monoisotopic (exact) mass is 862 g/mol. The van der Waals surface area contributed by atoms with Gasteiger partial charge in [0.15, 0.2) is 0 Å². The SMILES string of the molecule is Cc1nc(C#CC2CCCCC2)ccc1C(=O)NC(CCN)C(=O)N(C)[C@@H]1C(=O)N[C@@H](C)C(=O)N[C@H](C(=O)NCC#N)Cc2ccc(OCCN)c(c2)-c2cc1ccc2OCCN. The summed E-state index contributed by atoms with van der Waals surface area (Å²) in [6.45, 7) is 3.57. The number of amides is 5. The first-order valence-electron chi connectivity index (χ1n) is 21.3. The van der Waals surface area contributed by atoms with Crippen LogP contribution in [-0.2, 0) is 25.6 Å². The zero-order valence-corrected chi connectivity index (χ0v) is 36.1. The molecule has 0 radical (unpaired) electrons. The van der Waals surface area contributed by atoms with Gasteiger partial charge in [0.05, 0.1) is 17.3 Å². The molecule has 63 heavy (non-hydrogen) atoms. The molecule has 3 aromatic rings. The van der Waals surface area contributed by atoms with E-state index in [0.717, 1.165) is 25.7 Å². The molecule has 1 aliphatic carbocycles. The van der Waals surface area contributed by atoms with E-state index < -0.39 is 53.7 Å². The highest BCUT2D eigenvalue weighted by Gasteiger charge is 2.36. The van der Waals surface area contributed by atoms with Gasteiger partial charge in [-0.15, -0.1) is 0 Å². The zero-order valence-electron chi connectivity index (χ0n) is 36.1. The molecular weight excluding hydrogens is 805 g/mol. The van der Waals surface area contributed by atoms with Gasteiger partial charge in [-0.3, -0.25) is 24.0 Å². The Bertz CT molecular complexity index is 2240. The van der Waals surface area contributed by atoms with Crippen molar-refractivity contribution in [3.63, 3.8) is 0 Å². The van der Waals surface area contributed by atoms with E-state index in [1.165, 1.54) is 25.3 Å². The maximum absolute atomic E-state index is 14.6. The third kappa shape index (κ3) is 12.5. The van der Waals surface area contributed by atoms with Crippen LogP contribution in [0, 0.1) is 36.0 Å². The minimum atomic E-state index is -1.38. The van der Waals surface area contributed by atoms with Crippen LogP contribution in [0.5, 0.6) is 11.5 Å². The van der Waals surface area contributed by atoms with Gasteiger partial charge in [-0.1, -0.05) is 37.3 Å². The van der Waals surface area contributed by atoms with Crippen molar-refractivity contribution in [2.24, 2.45) is 23.1 Å². The number of nitrogens with zero attached hydrogens (tertiary/aromatic N) is 3. The molecule has 17 heteroatoms. The average Bonchev–Trinajstić information content (AvgIpc) is 3.28. The minimum absolute atomic E-state index is 0.00881. The molecule has 2 heterocycles. The van der Waals surface area contributed by atoms with Gasteiger partial charge in [0.25, 0.3) is 5.91 Å². The second kappa shape index (κ2) is 23.1. The Labute approximate surface area is 368 Å². The Morgan fingerprint density at radius 1 is 0.921 bits per heavy atom. The van der Waals surface area contributed by atoms with E-state index in [1.54, 1.807) is 55.5 Å². The molecule has 4 atom stereocenters. The number of benzene rings is 2. The molecule has 4 bridgehead atoms. The molecule has 2 aliphatic rings. The molecule has 10 N–H and O–H groups in total. The summed E-state index contributed by atoms with van der Waals surface area (Å²) in [5.74, 6) is 4.33. The lowest BCUT2D eigenvalue weighted by Gasteiger charge is -2.32. The molecule has 17 nitrogen and oxygen atoms in total. The normalized spacial score (nSPS) is 18.1. The lowest BCUT2D eigenvalue weighted by Crippen LogP contribution is -2.56. The third-order valence-electron chi connectivity index (χ3n) is 11.0. The van der Waals surface area contributed by atoms with Crippen LogP contribution in [0.15, 0.2) is 48.5 Å². The maximum Gasteiger partial charge on any atom is 0.253 e. The number of pyridine rings is 1. The fourth-order valence-corrected chi connectivity index (χ4v) is 7.66. The van der Waals surface area contributed by atoms with Crippen LogP contribution < -0.4 is 47.9 Å². The summed E-state index contributed by atoms with van der Waals surface area (Å²) in [5.41, 5.74) is 20.8. The van der Waals surface area contributed by atoms with Gasteiger partial charge in [-0.2, -0.15) is 5.26 Å². The van der Waals surface area contributed by atoms with Crippen molar-refractivity contribution in [1.82, 2.24) is 31.2 Å². The number of carbonyl (C=O) groups excluding carboxylic acids is 5. The van der Waals surface area contributed by atoms with Crippen molar-refractivity contribution in [2.75, 3.05) is 46.4 Å². The van der Waals surface area contributed by atoms with E-state index in [2.05, 4.69) is 38.1 Å². The number of nitrogens with one attached hydrogen (secondary N) is 4.